The number of phenols is 2. The number of benzene rings is 3. The number of carboxylic acids is 1. The van der Waals surface area contributed by atoms with Crippen LogP contribution in [0.3, 0.4) is 0 Å². The first-order valence-corrected chi connectivity index (χ1v) is 34.6. The lowest BCUT2D eigenvalue weighted by Gasteiger charge is -2.31. The Morgan fingerprint density at radius 2 is 1.22 bits per heavy atom. The second-order valence-corrected chi connectivity index (χ2v) is 26.8. The third-order valence-electron chi connectivity index (χ3n) is 18.2. The Balaban J connectivity index is 1.29. The predicted octanol–water partition coefficient (Wildman–Crippen LogP) is -2.32. The Morgan fingerprint density at radius 1 is 0.615 bits per heavy atom. The average molecular weight is 1450 g/mol. The Hall–Kier alpha value is -11.2. The van der Waals surface area contributed by atoms with Crippen LogP contribution in [-0.2, 0) is 101 Å². The molecule has 0 saturated carbocycles. The van der Waals surface area contributed by atoms with Crippen LogP contribution in [0.5, 0.6) is 11.5 Å². The predicted molar refractivity (Wildman–Crippen MR) is 367 cm³/mol. The molecule has 3 aromatic carbocycles. The molecule has 13 atom stereocenters. The number of carboxylic acid groups (broad SMARTS) is 1. The summed E-state index contributed by atoms with van der Waals surface area (Å²) in [6, 6.07) is -2.66. The zero-order valence-electron chi connectivity index (χ0n) is 57.9. The molecule has 4 aliphatic rings. The van der Waals surface area contributed by atoms with Crippen molar-refractivity contribution in [2.45, 2.75) is 196 Å². The van der Waals surface area contributed by atoms with Crippen LogP contribution in [0.2, 0.25) is 0 Å². The maximum atomic E-state index is 15.3. The number of nitrogens with zero attached hydrogens (tertiary/aromatic N) is 1. The topological polar surface area (TPSA) is 513 Å². The number of cyclic esters (lactones) is 1. The van der Waals surface area contributed by atoms with Crippen LogP contribution in [0.25, 0.3) is 10.9 Å². The van der Waals surface area contributed by atoms with Crippen LogP contribution in [0.1, 0.15) is 115 Å². The number of rotatable bonds is 13. The van der Waals surface area contributed by atoms with E-state index in [1.54, 1.807) is 38.1 Å². The Kier molecular flexibility index (Phi) is 27.6. The summed E-state index contributed by atoms with van der Waals surface area (Å²) < 4.78 is 11.4. The van der Waals surface area contributed by atoms with E-state index in [1.807, 2.05) is 0 Å². The largest absolute Gasteiger partial charge is 0.508 e. The Bertz CT molecular complexity index is 3850. The van der Waals surface area contributed by atoms with Crippen LogP contribution >= 0.6 is 0 Å². The number of hydrogen-bond acceptors (Lipinski definition) is 20. The number of hydrogen-bond donors (Lipinski definition) is 16. The number of nitrogens with two attached hydrogens (primary N) is 1. The molecule has 4 aliphatic heterocycles. The van der Waals surface area contributed by atoms with Crippen molar-refractivity contribution in [1.82, 2.24) is 68.4 Å². The number of amides is 12. The van der Waals surface area contributed by atoms with Crippen molar-refractivity contribution >= 4 is 99.7 Å². The van der Waals surface area contributed by atoms with E-state index in [2.05, 4.69) is 63.5 Å². The monoisotopic (exact) mass is 1450 g/mol. The first kappa shape index (κ1) is 78.5. The van der Waals surface area contributed by atoms with Crippen LogP contribution in [0, 0.1) is 5.92 Å². The lowest BCUT2D eigenvalue weighted by Crippen LogP contribution is -2.61. The molecule has 8 rings (SSSR count). The van der Waals surface area contributed by atoms with Crippen LogP contribution in [0.15, 0.2) is 79.0 Å². The molecular formula is C70H90N14O20. The molecule has 4 bridgehead atoms. The highest BCUT2D eigenvalue weighted by Crippen LogP contribution is 2.24. The van der Waals surface area contributed by atoms with E-state index in [0.717, 1.165) is 4.90 Å². The Morgan fingerprint density at radius 3 is 1.90 bits per heavy atom. The number of aliphatic carboxylic acids is 1. The number of H-pyrrole nitrogens is 1. The van der Waals surface area contributed by atoms with Gasteiger partial charge in [0.15, 0.2) is 0 Å². The number of aromatic amines is 1. The minimum Gasteiger partial charge on any atom is -0.508 e. The number of aromatic hydroxyl groups is 2. The van der Waals surface area contributed by atoms with Crippen molar-refractivity contribution in [1.29, 1.82) is 0 Å². The lowest BCUT2D eigenvalue weighted by atomic mass is 10.00. The maximum Gasteiger partial charge on any atom is 0.326 e. The van der Waals surface area contributed by atoms with Crippen molar-refractivity contribution < 1.29 is 96.7 Å². The van der Waals surface area contributed by atoms with Crippen molar-refractivity contribution in [3.63, 3.8) is 0 Å². The summed E-state index contributed by atoms with van der Waals surface area (Å²) in [6.45, 7) is 4.62. The normalized spacial score (nSPS) is 25.8. The average Bonchev–Trinajstić information content (AvgIpc) is 1.64. The van der Waals surface area contributed by atoms with E-state index in [1.165, 1.54) is 68.6 Å². The van der Waals surface area contributed by atoms with Gasteiger partial charge in [-0.3, -0.25) is 67.1 Å². The van der Waals surface area contributed by atoms with Crippen LogP contribution in [0.4, 0.5) is 0 Å². The van der Waals surface area contributed by atoms with E-state index >= 15 is 24.0 Å². The number of fused-ring (bicyclic) bond motifs is 13. The molecule has 4 fully saturated rings. The molecule has 0 spiro atoms. The summed E-state index contributed by atoms with van der Waals surface area (Å²) in [6.07, 6.45) is -5.00. The number of phenolic OH excluding ortho intramolecular Hbond substituents is 2. The zero-order chi connectivity index (χ0) is 75.5. The fraction of sp³-hybridized carbons (Fsp3) is 0.500. The van der Waals surface area contributed by atoms with Crippen LogP contribution < -0.4 is 64.2 Å². The van der Waals surface area contributed by atoms with E-state index in [-0.39, 0.29) is 81.9 Å². The standard InChI is InChI=1S/C70H90N14O20/c1-35(2)28-48-63(94)74-45-12-7-8-26-72-55(87)24-22-46(62(93)81-52(70(101)102)30-39-16-20-42(86)21-17-39)75-61(92)47-23-25-56(88)103-34-53(82-67(98)54-13-9-27-84(54)69(100)51(80-60(45)91)29-38-14-18-41(85)19-15-38)66(97)78-50(32-57(89)104-37(4)58(68(99)79-48)83-59(90)36(3)71)65(96)77-49(64(95)76-47)31-40-33-73-44-11-6-5-10-43(40)44/h5-6,10-11,14-21,33,35-37,45-54,58,73,85-86H,7-9,12-13,22-32,34,71H2,1-4H3,(H,72,87)(H,74,94)(H,75,92)(H,76,95)(H,77,96)(H,78,97)(H,79,99)(H,80,91)(H,81,93)(H,82,98)(H,83,90)(H,101,102)/t36-,37?,45+,46+,47+,48-,49+,50+,51+,52+,53-,54+,58+/m1/s1. The molecule has 1 aromatic heterocycles. The number of para-hydroxylation sites is 1. The minimum atomic E-state index is -2.15. The molecule has 560 valence electrons. The summed E-state index contributed by atoms with van der Waals surface area (Å²) in [5.41, 5.74) is 7.67. The number of aromatic nitrogens is 1. The second kappa shape index (κ2) is 36.6. The first-order valence-electron chi connectivity index (χ1n) is 34.6. The van der Waals surface area contributed by atoms with Gasteiger partial charge in [0.2, 0.25) is 70.9 Å². The van der Waals surface area contributed by atoms with Crippen LogP contribution in [-0.4, -0.2) is 212 Å². The molecule has 12 amide bonds. The van der Waals surface area contributed by atoms with Crippen molar-refractivity contribution in [2.24, 2.45) is 11.7 Å². The van der Waals surface area contributed by atoms with Gasteiger partial charge >= 0.3 is 17.9 Å². The molecule has 104 heavy (non-hydrogen) atoms. The van der Waals surface area contributed by atoms with Gasteiger partial charge in [0.25, 0.3) is 0 Å². The molecule has 4 aromatic rings. The molecule has 0 radical (unpaired) electrons. The third-order valence-corrected chi connectivity index (χ3v) is 18.2. The van der Waals surface area contributed by atoms with Gasteiger partial charge in [-0.2, -0.15) is 0 Å². The first-order chi connectivity index (χ1) is 49.5. The number of carbonyl (C=O) groups excluding carboxylic acids is 14. The number of ether oxygens (including phenoxy) is 2. The van der Waals surface area contributed by atoms with Gasteiger partial charge in [0.05, 0.1) is 12.5 Å². The molecule has 0 aliphatic carbocycles. The van der Waals surface area contributed by atoms with E-state index in [4.69, 9.17) is 15.2 Å². The summed E-state index contributed by atoms with van der Waals surface area (Å²) in [4.78, 5) is 223. The summed E-state index contributed by atoms with van der Waals surface area (Å²) >= 11 is 0. The fourth-order valence-corrected chi connectivity index (χ4v) is 12.5. The van der Waals surface area contributed by atoms with E-state index < -0.39 is 213 Å². The second-order valence-electron chi connectivity index (χ2n) is 26.8. The zero-order valence-corrected chi connectivity index (χ0v) is 57.9. The van der Waals surface area contributed by atoms with E-state index in [0.29, 0.717) is 27.6 Å². The van der Waals surface area contributed by atoms with Gasteiger partial charge < -0.3 is 98.9 Å². The molecule has 4 saturated heterocycles. The summed E-state index contributed by atoms with van der Waals surface area (Å²) in [5.74, 6) is -17.3. The number of nitrogens with one attached hydrogen (secondary N) is 12. The smallest absolute Gasteiger partial charge is 0.326 e. The molecule has 34 heteroatoms. The highest BCUT2D eigenvalue weighted by molar-refractivity contribution is 6.01. The fourth-order valence-electron chi connectivity index (χ4n) is 12.5. The highest BCUT2D eigenvalue weighted by Gasteiger charge is 2.43. The number of esters is 2. The molecule has 1 unspecified atom stereocenters. The minimum absolute atomic E-state index is 0.0381. The maximum absolute atomic E-state index is 15.3. The SMILES string of the molecule is CC(C)C[C@H]1NC(=O)[C@@H](NC(=O)[C@@H](C)N)C(C)OC(=O)C[C@@H]2NC(=O)[C@H]3COC(=O)CC[C@H](NC(=O)[C@H](Cc4c[nH]c5ccccc45)NC2=O)C(=O)N[C@H](C(=O)N[C@@H](Cc2ccc(O)cc2)C(=O)O)CCC(=O)NCCCC[C@H](NC1=O)C(=O)N[C@@H](Cc1ccc(O)cc1)C(=O)N1CCC[C@H]1C(=O)N3. The van der Waals surface area contributed by atoms with Gasteiger partial charge in [-0.25, -0.2) is 4.79 Å². The molecule has 17 N–H and O–H groups in total. The highest BCUT2D eigenvalue weighted by atomic mass is 16.5. The van der Waals surface area contributed by atoms with Crippen molar-refractivity contribution in [3.8, 4) is 11.5 Å². The third kappa shape index (κ3) is 22.2. The van der Waals surface area contributed by atoms with Crippen molar-refractivity contribution in [2.75, 3.05) is 19.7 Å². The van der Waals surface area contributed by atoms with Gasteiger partial charge in [-0.15, -0.1) is 0 Å². The van der Waals surface area contributed by atoms with Crippen molar-refractivity contribution in [3.05, 3.63) is 95.7 Å². The summed E-state index contributed by atoms with van der Waals surface area (Å²) in [7, 11) is 0. The molecule has 34 nitrogen and oxygen atoms in total. The Labute approximate surface area is 597 Å². The lowest BCUT2D eigenvalue weighted by molar-refractivity contribution is -0.154. The summed E-state index contributed by atoms with van der Waals surface area (Å²) in [5, 5.41) is 59.2. The van der Waals surface area contributed by atoms with Gasteiger partial charge in [-0.05, 0) is 118 Å². The van der Waals surface area contributed by atoms with Gasteiger partial charge in [0, 0.05) is 62.3 Å². The molecule has 5 heterocycles. The molecular weight excluding hydrogens is 1360 g/mol. The quantitative estimate of drug-likeness (QED) is 0.0625. The van der Waals surface area contributed by atoms with Gasteiger partial charge in [-0.1, -0.05) is 56.3 Å². The van der Waals surface area contributed by atoms with E-state index in [9.17, 15) is 63.3 Å². The van der Waals surface area contributed by atoms with Gasteiger partial charge in [0.1, 0.15) is 90.7 Å². The number of carbonyl (C=O) groups is 15.